The van der Waals surface area contributed by atoms with Crippen LogP contribution >= 0.6 is 23.4 Å². The topological polar surface area (TPSA) is 83.1 Å². The molecule has 2 aromatic heterocycles. The van der Waals surface area contributed by atoms with Gasteiger partial charge in [0.25, 0.3) is 0 Å². The Morgan fingerprint density at radius 2 is 1.82 bits per heavy atom. The molecule has 1 N–H and O–H groups in total. The van der Waals surface area contributed by atoms with Gasteiger partial charge in [-0.25, -0.2) is 9.29 Å². The molecule has 5 aromatic rings. The average molecular weight is 560 g/mol. The Labute approximate surface area is 231 Å². The van der Waals surface area contributed by atoms with Crippen molar-refractivity contribution in [3.63, 3.8) is 0 Å². The van der Waals surface area contributed by atoms with E-state index in [4.69, 9.17) is 21.1 Å². The number of amides is 1. The fourth-order valence-corrected chi connectivity index (χ4v) is 5.79. The third-order valence-electron chi connectivity index (χ3n) is 6.43. The van der Waals surface area contributed by atoms with Gasteiger partial charge in [0.05, 0.1) is 11.3 Å². The molecule has 1 amide bonds. The molecule has 1 aliphatic heterocycles. The minimum absolute atomic E-state index is 0.252. The lowest BCUT2D eigenvalue weighted by Crippen LogP contribution is -2.60. The van der Waals surface area contributed by atoms with Crippen LogP contribution in [0.2, 0.25) is 5.02 Å². The molecule has 0 bridgehead atoms. The number of fused-ring (bicyclic) bond motifs is 3. The molecule has 6 rings (SSSR count). The number of hydrogen-bond acceptors (Lipinski definition) is 5. The highest BCUT2D eigenvalue weighted by molar-refractivity contribution is 7.98. The molecule has 194 valence electrons. The van der Waals surface area contributed by atoms with Gasteiger partial charge in [-0.05, 0) is 64.8 Å². The first-order chi connectivity index (χ1) is 18.9. The van der Waals surface area contributed by atoms with Gasteiger partial charge >= 0.3 is 17.4 Å². The predicted molar refractivity (Wildman–Crippen MR) is 147 cm³/mol. The highest BCUT2D eigenvalue weighted by atomic mass is 35.5. The molecule has 0 spiro atoms. The molecule has 1 atom stereocenters. The highest BCUT2D eigenvalue weighted by Crippen LogP contribution is 2.38. The fraction of sp³-hybridized carbons (Fsp3) is 0.103. The summed E-state index contributed by atoms with van der Waals surface area (Å²) < 4.78 is 21.2. The van der Waals surface area contributed by atoms with Crippen LogP contribution in [0.3, 0.4) is 0 Å². The largest absolute Gasteiger partial charge is 0.452 e. The maximum Gasteiger partial charge on any atom is 0.325 e. The molecule has 0 fully saturated rings. The average Bonchev–Trinajstić information content (AvgIpc) is 3.42. The molecule has 1 aliphatic rings. The van der Waals surface area contributed by atoms with Crippen molar-refractivity contribution in [1.82, 2.24) is 10.1 Å². The van der Waals surface area contributed by atoms with Crippen molar-refractivity contribution >= 4 is 35.0 Å². The van der Waals surface area contributed by atoms with Crippen LogP contribution in [0.5, 0.6) is 0 Å². The Balaban J connectivity index is 1.49. The molecule has 0 saturated heterocycles. The summed E-state index contributed by atoms with van der Waals surface area (Å²) in [6.45, 7) is 1.46. The summed E-state index contributed by atoms with van der Waals surface area (Å²) in [7, 11) is 0. The number of furan rings is 1. The molecule has 3 heterocycles. The standard InChI is InChI=1S/C29H20ClFN4O3S/c1-17(36)34-23-9-5-3-7-21(23)26-27(37)32-29(39-16-19-6-2-4-8-22(19)30)33-35(26)28(34)25-15-14-24(38-25)18-10-12-20(31)13-11-18/h2-15,28H,16H2,1H3/p+1/t28-/m1/s1. The number of H-pyrrole nitrogens is 1. The quantitative estimate of drug-likeness (QED) is 0.211. The second kappa shape index (κ2) is 10.2. The van der Waals surface area contributed by atoms with E-state index in [2.05, 4.69) is 4.98 Å². The van der Waals surface area contributed by atoms with E-state index < -0.39 is 6.17 Å². The van der Waals surface area contributed by atoms with E-state index in [1.807, 2.05) is 30.3 Å². The number of rotatable bonds is 5. The van der Waals surface area contributed by atoms with E-state index >= 15 is 0 Å². The molecule has 7 nitrogen and oxygen atoms in total. The van der Waals surface area contributed by atoms with Crippen molar-refractivity contribution in [2.45, 2.75) is 24.0 Å². The van der Waals surface area contributed by atoms with Gasteiger partial charge in [-0.2, -0.15) is 0 Å². The maximum absolute atomic E-state index is 13.5. The number of thioether (sulfide) groups is 1. The molecule has 0 radical (unpaired) electrons. The van der Waals surface area contributed by atoms with Gasteiger partial charge in [0.15, 0.2) is 5.76 Å². The Kier molecular flexibility index (Phi) is 6.54. The van der Waals surface area contributed by atoms with Crippen molar-refractivity contribution in [3.8, 4) is 22.6 Å². The van der Waals surface area contributed by atoms with Crippen molar-refractivity contribution in [3.05, 3.63) is 117 Å². The van der Waals surface area contributed by atoms with E-state index in [-0.39, 0.29) is 17.3 Å². The third-order valence-corrected chi connectivity index (χ3v) is 7.71. The second-order valence-corrected chi connectivity index (χ2v) is 10.3. The Morgan fingerprint density at radius 3 is 2.59 bits per heavy atom. The zero-order valence-corrected chi connectivity index (χ0v) is 22.2. The van der Waals surface area contributed by atoms with Crippen LogP contribution in [0.15, 0.2) is 99.3 Å². The molecule has 10 heteroatoms. The summed E-state index contributed by atoms with van der Waals surface area (Å²) in [5.41, 5.74) is 2.67. The van der Waals surface area contributed by atoms with Gasteiger partial charge in [-0.1, -0.05) is 53.7 Å². The number of benzene rings is 3. The molecule has 0 unspecified atom stereocenters. The number of aromatic amines is 1. The Bertz CT molecular complexity index is 1770. The first-order valence-electron chi connectivity index (χ1n) is 12.1. The lowest BCUT2D eigenvalue weighted by molar-refractivity contribution is -0.764. The van der Waals surface area contributed by atoms with Crippen LogP contribution in [0, 0.1) is 5.82 Å². The summed E-state index contributed by atoms with van der Waals surface area (Å²) in [6, 6.07) is 24.1. The first-order valence-corrected chi connectivity index (χ1v) is 13.4. The van der Waals surface area contributed by atoms with Gasteiger partial charge < -0.3 is 4.42 Å². The fourth-order valence-electron chi connectivity index (χ4n) is 4.66. The summed E-state index contributed by atoms with van der Waals surface area (Å²) in [5.74, 6) is 0.762. The second-order valence-electron chi connectivity index (χ2n) is 8.92. The summed E-state index contributed by atoms with van der Waals surface area (Å²) >= 11 is 7.65. The van der Waals surface area contributed by atoms with E-state index in [1.54, 1.807) is 47.4 Å². The van der Waals surface area contributed by atoms with Crippen molar-refractivity contribution < 1.29 is 18.3 Å². The zero-order chi connectivity index (χ0) is 27.1. The number of hydrogen-bond donors (Lipinski definition) is 1. The number of carbonyl (C=O) groups excluding carboxylic acids is 1. The molecule has 3 aromatic carbocycles. The maximum atomic E-state index is 13.5. The van der Waals surface area contributed by atoms with Crippen LogP contribution in [0.1, 0.15) is 24.4 Å². The van der Waals surface area contributed by atoms with Crippen molar-refractivity contribution in [1.29, 1.82) is 0 Å². The normalized spacial score (nSPS) is 14.1. The number of para-hydroxylation sites is 1. The summed E-state index contributed by atoms with van der Waals surface area (Å²) in [5, 5.41) is 5.76. The van der Waals surface area contributed by atoms with Crippen molar-refractivity contribution in [2.75, 3.05) is 4.90 Å². The lowest BCUT2D eigenvalue weighted by atomic mass is 10.0. The van der Waals surface area contributed by atoms with Gasteiger partial charge in [-0.3, -0.25) is 14.6 Å². The highest BCUT2D eigenvalue weighted by Gasteiger charge is 2.46. The number of aromatic nitrogens is 3. The summed E-state index contributed by atoms with van der Waals surface area (Å²) in [4.78, 5) is 31.0. The Hall–Kier alpha value is -4.21. The smallest absolute Gasteiger partial charge is 0.325 e. The van der Waals surface area contributed by atoms with Crippen LogP contribution < -0.4 is 15.1 Å². The van der Waals surface area contributed by atoms with E-state index in [9.17, 15) is 14.0 Å². The number of halogens is 2. The SMILES string of the molecule is CC(=O)N1c2ccccc2-c2c(=O)[nH]c(SCc3ccccc3Cl)n[n+]2[C@@H]1c1ccc(-c2ccc(F)cc2)o1. The molecule has 0 saturated carbocycles. The minimum atomic E-state index is -0.872. The van der Waals surface area contributed by atoms with E-state index in [1.165, 1.54) is 35.5 Å². The van der Waals surface area contributed by atoms with Crippen LogP contribution in [0.4, 0.5) is 10.1 Å². The third kappa shape index (κ3) is 4.64. The Morgan fingerprint density at radius 1 is 1.08 bits per heavy atom. The predicted octanol–water partition coefficient (Wildman–Crippen LogP) is 5.98. The zero-order valence-electron chi connectivity index (χ0n) is 20.6. The molecule has 39 heavy (non-hydrogen) atoms. The van der Waals surface area contributed by atoms with Crippen LogP contribution in [0.25, 0.3) is 22.6 Å². The number of carbonyl (C=O) groups is 1. The number of nitrogens with one attached hydrogen (secondary N) is 1. The van der Waals surface area contributed by atoms with Gasteiger partial charge in [-0.15, -0.1) is 0 Å². The number of nitrogens with zero attached hydrogens (tertiary/aromatic N) is 3. The lowest BCUT2D eigenvalue weighted by Gasteiger charge is -2.30. The minimum Gasteiger partial charge on any atom is -0.452 e. The first kappa shape index (κ1) is 25.1. The summed E-state index contributed by atoms with van der Waals surface area (Å²) in [6.07, 6.45) is -0.872. The molecule has 0 aliphatic carbocycles. The van der Waals surface area contributed by atoms with Gasteiger partial charge in [0.2, 0.25) is 11.1 Å². The molecular formula is C29H21ClFN4O3S+. The van der Waals surface area contributed by atoms with E-state index in [0.717, 1.165) is 5.56 Å². The van der Waals surface area contributed by atoms with E-state index in [0.29, 0.717) is 50.0 Å². The van der Waals surface area contributed by atoms with Crippen LogP contribution in [-0.4, -0.2) is 16.0 Å². The number of anilines is 1. The van der Waals surface area contributed by atoms with Gasteiger partial charge in [0, 0.05) is 28.4 Å². The van der Waals surface area contributed by atoms with Gasteiger partial charge in [0.1, 0.15) is 11.6 Å². The van der Waals surface area contributed by atoms with Crippen molar-refractivity contribution in [2.24, 2.45) is 0 Å². The molecular weight excluding hydrogens is 539 g/mol. The monoisotopic (exact) mass is 559 g/mol. The van der Waals surface area contributed by atoms with Crippen LogP contribution in [-0.2, 0) is 10.5 Å².